The number of carboxylic acid groups (broad SMARTS) is 1. The van der Waals surface area contributed by atoms with Crippen LogP contribution >= 0.6 is 0 Å². The van der Waals surface area contributed by atoms with Gasteiger partial charge in [0.05, 0.1) is 0 Å². The molecular weight excluding hydrogens is 215 g/mol. The number of alkyl halides is 3. The molecule has 0 rings (SSSR count). The van der Waals surface area contributed by atoms with Gasteiger partial charge in [-0.15, -0.1) is 0 Å². The average molecular weight is 227 g/mol. The summed E-state index contributed by atoms with van der Waals surface area (Å²) in [5, 5.41) is 8.47. The van der Waals surface area contributed by atoms with E-state index in [1.165, 1.54) is 6.92 Å². The first-order chi connectivity index (χ1) is 6.69. The molecule has 88 valence electrons. The Hall–Kier alpha value is -1.27. The van der Waals surface area contributed by atoms with E-state index in [-0.39, 0.29) is 6.54 Å². The maximum absolute atomic E-state index is 12.0. The van der Waals surface area contributed by atoms with E-state index in [1.807, 2.05) is 0 Å². The number of carbonyl (C=O) groups is 2. The van der Waals surface area contributed by atoms with Crippen molar-refractivity contribution >= 4 is 11.9 Å². The molecule has 0 spiro atoms. The minimum atomic E-state index is -4.51. The lowest BCUT2D eigenvalue weighted by molar-refractivity contribution is -0.167. The van der Waals surface area contributed by atoms with Crippen molar-refractivity contribution in [3.63, 3.8) is 0 Å². The number of rotatable bonds is 4. The molecule has 1 unspecified atom stereocenters. The van der Waals surface area contributed by atoms with Crippen LogP contribution in [-0.2, 0) is 9.59 Å². The number of amides is 1. The normalized spacial score (nSPS) is 13.4. The van der Waals surface area contributed by atoms with Crippen molar-refractivity contribution in [2.75, 3.05) is 13.1 Å². The maximum atomic E-state index is 12.0. The Balaban J connectivity index is 4.55. The zero-order chi connectivity index (χ0) is 12.2. The van der Waals surface area contributed by atoms with Gasteiger partial charge in [0.25, 0.3) is 0 Å². The van der Waals surface area contributed by atoms with Crippen LogP contribution in [0.3, 0.4) is 0 Å². The quantitative estimate of drug-likeness (QED) is 0.732. The highest BCUT2D eigenvalue weighted by Gasteiger charge is 2.35. The molecule has 0 aromatic carbocycles. The fraction of sp³-hybridized carbons (Fsp3) is 0.750. The van der Waals surface area contributed by atoms with Crippen LogP contribution in [0.25, 0.3) is 0 Å². The zero-order valence-electron chi connectivity index (χ0n) is 8.34. The SMILES string of the molecule is CCN(CC(F)(F)F)C(=O)C(C)C(=O)O. The number of nitrogens with zero attached hydrogens (tertiary/aromatic N) is 1. The average Bonchev–Trinajstić information content (AvgIpc) is 2.10. The van der Waals surface area contributed by atoms with Crippen molar-refractivity contribution in [3.05, 3.63) is 0 Å². The van der Waals surface area contributed by atoms with Gasteiger partial charge in [-0.3, -0.25) is 9.59 Å². The highest BCUT2D eigenvalue weighted by molar-refractivity contribution is 5.96. The summed E-state index contributed by atoms with van der Waals surface area (Å²) in [5.41, 5.74) is 0. The minimum absolute atomic E-state index is 0.171. The summed E-state index contributed by atoms with van der Waals surface area (Å²) >= 11 is 0. The number of hydrogen-bond acceptors (Lipinski definition) is 2. The Morgan fingerprint density at radius 1 is 1.40 bits per heavy atom. The number of hydrogen-bond donors (Lipinski definition) is 1. The van der Waals surface area contributed by atoms with Gasteiger partial charge in [0.1, 0.15) is 12.5 Å². The van der Waals surface area contributed by atoms with E-state index in [2.05, 4.69) is 0 Å². The van der Waals surface area contributed by atoms with Crippen LogP contribution in [0.1, 0.15) is 13.8 Å². The summed E-state index contributed by atoms with van der Waals surface area (Å²) in [6.45, 7) is 0.831. The van der Waals surface area contributed by atoms with Gasteiger partial charge in [0.15, 0.2) is 0 Å². The monoisotopic (exact) mass is 227 g/mol. The number of aliphatic carboxylic acids is 1. The molecule has 0 aliphatic heterocycles. The van der Waals surface area contributed by atoms with Crippen molar-refractivity contribution in [2.45, 2.75) is 20.0 Å². The molecule has 7 heteroatoms. The van der Waals surface area contributed by atoms with Crippen LogP contribution < -0.4 is 0 Å². The summed E-state index contributed by atoms with van der Waals surface area (Å²) in [4.78, 5) is 22.1. The van der Waals surface area contributed by atoms with Gasteiger partial charge in [0.2, 0.25) is 5.91 Å². The Kier molecular flexibility index (Phi) is 4.57. The van der Waals surface area contributed by atoms with Crippen LogP contribution in [-0.4, -0.2) is 41.1 Å². The number of carbonyl (C=O) groups excluding carboxylic acids is 1. The molecule has 0 aromatic heterocycles. The first kappa shape index (κ1) is 13.7. The third-order valence-electron chi connectivity index (χ3n) is 1.80. The molecule has 0 bridgehead atoms. The summed E-state index contributed by atoms with van der Waals surface area (Å²) in [7, 11) is 0. The third-order valence-corrected chi connectivity index (χ3v) is 1.80. The largest absolute Gasteiger partial charge is 0.481 e. The van der Waals surface area contributed by atoms with Crippen LogP contribution in [0.4, 0.5) is 13.2 Å². The smallest absolute Gasteiger partial charge is 0.406 e. The van der Waals surface area contributed by atoms with E-state index < -0.39 is 30.5 Å². The van der Waals surface area contributed by atoms with E-state index in [1.54, 1.807) is 0 Å². The molecule has 0 saturated carbocycles. The number of carboxylic acids is 1. The van der Waals surface area contributed by atoms with Gasteiger partial charge in [-0.05, 0) is 13.8 Å². The minimum Gasteiger partial charge on any atom is -0.481 e. The molecule has 1 amide bonds. The van der Waals surface area contributed by atoms with Crippen LogP contribution in [0.5, 0.6) is 0 Å². The fourth-order valence-corrected chi connectivity index (χ4v) is 0.941. The highest BCUT2D eigenvalue weighted by Crippen LogP contribution is 2.17. The van der Waals surface area contributed by atoms with Gasteiger partial charge in [-0.1, -0.05) is 0 Å². The molecule has 1 atom stereocenters. The van der Waals surface area contributed by atoms with Crippen molar-refractivity contribution in [1.82, 2.24) is 4.90 Å². The van der Waals surface area contributed by atoms with Crippen molar-refractivity contribution in [1.29, 1.82) is 0 Å². The van der Waals surface area contributed by atoms with E-state index in [4.69, 9.17) is 5.11 Å². The molecule has 1 N–H and O–H groups in total. The molecule has 0 aliphatic rings. The predicted octanol–water partition coefficient (Wildman–Crippen LogP) is 1.12. The Morgan fingerprint density at radius 3 is 2.13 bits per heavy atom. The van der Waals surface area contributed by atoms with Gasteiger partial charge in [0, 0.05) is 6.54 Å². The Morgan fingerprint density at radius 2 is 1.87 bits per heavy atom. The van der Waals surface area contributed by atoms with E-state index in [9.17, 15) is 22.8 Å². The van der Waals surface area contributed by atoms with Crippen LogP contribution in [0.15, 0.2) is 0 Å². The third kappa shape index (κ3) is 4.66. The highest BCUT2D eigenvalue weighted by atomic mass is 19.4. The summed E-state index contributed by atoms with van der Waals surface area (Å²) in [6.07, 6.45) is -4.51. The first-order valence-corrected chi connectivity index (χ1v) is 4.27. The molecule has 0 radical (unpaired) electrons. The van der Waals surface area contributed by atoms with Crippen molar-refractivity contribution < 1.29 is 27.9 Å². The van der Waals surface area contributed by atoms with Crippen LogP contribution in [0.2, 0.25) is 0 Å². The van der Waals surface area contributed by atoms with E-state index in [0.717, 1.165) is 6.92 Å². The number of halogens is 3. The zero-order valence-corrected chi connectivity index (χ0v) is 8.34. The maximum Gasteiger partial charge on any atom is 0.406 e. The van der Waals surface area contributed by atoms with Gasteiger partial charge >= 0.3 is 12.1 Å². The molecule has 0 aliphatic carbocycles. The standard InChI is InChI=1S/C8H12F3NO3/c1-3-12(4-8(9,10)11)6(13)5(2)7(14)15/h5H,3-4H2,1-2H3,(H,14,15). The van der Waals surface area contributed by atoms with E-state index >= 15 is 0 Å². The van der Waals surface area contributed by atoms with Gasteiger partial charge < -0.3 is 10.0 Å². The Bertz CT molecular complexity index is 252. The summed E-state index contributed by atoms with van der Waals surface area (Å²) < 4.78 is 35.9. The second-order valence-corrected chi connectivity index (χ2v) is 3.03. The molecule has 4 nitrogen and oxygen atoms in total. The second-order valence-electron chi connectivity index (χ2n) is 3.03. The molecule has 0 saturated heterocycles. The summed E-state index contributed by atoms with van der Waals surface area (Å²) in [5.74, 6) is -3.91. The van der Waals surface area contributed by atoms with Gasteiger partial charge in [-0.25, -0.2) is 0 Å². The van der Waals surface area contributed by atoms with Crippen LogP contribution in [0, 0.1) is 5.92 Å². The molecule has 0 heterocycles. The molecule has 15 heavy (non-hydrogen) atoms. The topological polar surface area (TPSA) is 57.6 Å². The predicted molar refractivity (Wildman–Crippen MR) is 45.1 cm³/mol. The fourth-order valence-electron chi connectivity index (χ4n) is 0.941. The second kappa shape index (κ2) is 4.99. The molecule has 0 fully saturated rings. The van der Waals surface area contributed by atoms with Crippen molar-refractivity contribution in [2.24, 2.45) is 5.92 Å². The molecular formula is C8H12F3NO3. The summed E-state index contributed by atoms with van der Waals surface area (Å²) in [6, 6.07) is 0. The molecule has 0 aromatic rings. The Labute approximate surface area is 84.7 Å². The van der Waals surface area contributed by atoms with Gasteiger partial charge in [-0.2, -0.15) is 13.2 Å². The lowest BCUT2D eigenvalue weighted by atomic mass is 10.1. The van der Waals surface area contributed by atoms with Crippen molar-refractivity contribution in [3.8, 4) is 0 Å². The van der Waals surface area contributed by atoms with E-state index in [0.29, 0.717) is 4.90 Å². The lowest BCUT2D eigenvalue weighted by Gasteiger charge is -2.23. The first-order valence-electron chi connectivity index (χ1n) is 4.27. The lowest BCUT2D eigenvalue weighted by Crippen LogP contribution is -2.43.